The third-order valence-electron chi connectivity index (χ3n) is 4.65. The highest BCUT2D eigenvalue weighted by atomic mass is 32.2. The van der Waals surface area contributed by atoms with Crippen molar-refractivity contribution >= 4 is 17.7 Å². The lowest BCUT2D eigenvalue weighted by Gasteiger charge is -2.35. The van der Waals surface area contributed by atoms with Gasteiger partial charge < -0.3 is 4.74 Å². The van der Waals surface area contributed by atoms with Gasteiger partial charge in [-0.3, -0.25) is 4.79 Å². The van der Waals surface area contributed by atoms with Crippen LogP contribution in [-0.2, 0) is 4.79 Å². The van der Waals surface area contributed by atoms with Crippen LogP contribution >= 0.6 is 11.9 Å². The predicted octanol–water partition coefficient (Wildman–Crippen LogP) is 3.74. The molecule has 2 unspecified atom stereocenters. The molecule has 126 valence electrons. The van der Waals surface area contributed by atoms with Crippen molar-refractivity contribution in [3.8, 4) is 5.75 Å². The predicted molar refractivity (Wildman–Crippen MR) is 91.1 cm³/mol. The second-order valence-corrected chi connectivity index (χ2v) is 7.68. The van der Waals surface area contributed by atoms with E-state index in [1.54, 1.807) is 30.2 Å². The number of halogens is 1. The van der Waals surface area contributed by atoms with Crippen LogP contribution in [0.2, 0.25) is 0 Å². The zero-order valence-corrected chi connectivity index (χ0v) is 14.5. The summed E-state index contributed by atoms with van der Waals surface area (Å²) in [4.78, 5) is 13.4. The van der Waals surface area contributed by atoms with E-state index in [2.05, 4.69) is 18.3 Å². The minimum atomic E-state index is -0.293. The molecule has 0 spiro atoms. The van der Waals surface area contributed by atoms with Crippen LogP contribution in [0.1, 0.15) is 20.3 Å². The average Bonchev–Trinajstić information content (AvgIpc) is 3.16. The Balaban J connectivity index is 1.49. The van der Waals surface area contributed by atoms with E-state index < -0.39 is 0 Å². The fourth-order valence-corrected chi connectivity index (χ4v) is 4.33. The maximum absolute atomic E-state index is 13.0. The first-order valence-electron chi connectivity index (χ1n) is 8.10. The molecule has 1 aliphatic carbocycles. The van der Waals surface area contributed by atoms with Crippen molar-refractivity contribution in [3.63, 3.8) is 0 Å². The molecule has 2 aliphatic heterocycles. The Hall–Kier alpha value is -1.79. The second kappa shape index (κ2) is 5.93. The molecule has 2 atom stereocenters. The van der Waals surface area contributed by atoms with Crippen LogP contribution in [0, 0.1) is 17.7 Å². The molecule has 1 fully saturated rings. The third-order valence-corrected chi connectivity index (χ3v) is 5.75. The number of ketones is 1. The minimum absolute atomic E-state index is 0.0880. The molecule has 0 amide bonds. The third kappa shape index (κ3) is 2.84. The maximum Gasteiger partial charge on any atom is 0.173 e. The molecule has 0 radical (unpaired) electrons. The Bertz CT molecular complexity index is 744. The van der Waals surface area contributed by atoms with E-state index in [1.807, 2.05) is 5.01 Å². The Labute approximate surface area is 145 Å². The van der Waals surface area contributed by atoms with Crippen LogP contribution in [0.5, 0.6) is 5.75 Å². The molecule has 4 nitrogen and oxygen atoms in total. The zero-order valence-electron chi connectivity index (χ0n) is 13.7. The summed E-state index contributed by atoms with van der Waals surface area (Å²) < 4.78 is 20.8. The van der Waals surface area contributed by atoms with Crippen molar-refractivity contribution in [2.45, 2.75) is 20.3 Å². The Kier molecular flexibility index (Phi) is 3.89. The molecule has 1 aromatic carbocycles. The van der Waals surface area contributed by atoms with Gasteiger partial charge in [0.15, 0.2) is 12.5 Å². The Morgan fingerprint density at radius 2 is 2.04 bits per heavy atom. The van der Waals surface area contributed by atoms with Gasteiger partial charge in [-0.15, -0.1) is 0 Å². The van der Waals surface area contributed by atoms with E-state index in [0.717, 1.165) is 5.70 Å². The van der Waals surface area contributed by atoms with Crippen LogP contribution < -0.4 is 4.74 Å². The first-order chi connectivity index (χ1) is 11.5. The summed E-state index contributed by atoms with van der Waals surface area (Å²) in [5.41, 5.74) is 2.32. The number of allylic oxidation sites excluding steroid dienone is 2. The lowest BCUT2D eigenvalue weighted by atomic mass is 10.0. The lowest BCUT2D eigenvalue weighted by Crippen LogP contribution is -2.45. The average molecular weight is 346 g/mol. The van der Waals surface area contributed by atoms with Crippen LogP contribution in [-0.4, -0.2) is 28.5 Å². The van der Waals surface area contributed by atoms with E-state index in [1.165, 1.54) is 29.0 Å². The van der Waals surface area contributed by atoms with Crippen LogP contribution in [0.3, 0.4) is 0 Å². The molecule has 1 aromatic rings. The molecule has 0 aromatic heterocycles. The smallest absolute Gasteiger partial charge is 0.173 e. The molecule has 24 heavy (non-hydrogen) atoms. The number of rotatable bonds is 4. The molecular formula is C18H19FN2O2S. The summed E-state index contributed by atoms with van der Waals surface area (Å²) in [7, 11) is 0. The maximum atomic E-state index is 13.0. The topological polar surface area (TPSA) is 32.8 Å². The number of carbonyl (C=O) groups is 1. The van der Waals surface area contributed by atoms with Crippen LogP contribution in [0.4, 0.5) is 4.39 Å². The van der Waals surface area contributed by atoms with Crippen molar-refractivity contribution in [2.24, 2.45) is 11.8 Å². The number of ether oxygens (including phenoxy) is 1. The number of hydrogen-bond acceptors (Lipinski definition) is 5. The molecule has 0 N–H and O–H groups in total. The summed E-state index contributed by atoms with van der Waals surface area (Å²) in [6.45, 7) is 4.91. The summed E-state index contributed by atoms with van der Waals surface area (Å²) >= 11 is 1.65. The van der Waals surface area contributed by atoms with Crippen LogP contribution in [0.15, 0.2) is 46.5 Å². The fourth-order valence-electron chi connectivity index (χ4n) is 3.25. The van der Waals surface area contributed by atoms with Gasteiger partial charge in [-0.2, -0.15) is 5.01 Å². The summed E-state index contributed by atoms with van der Waals surface area (Å²) in [6, 6.07) is 5.92. The van der Waals surface area contributed by atoms with Gasteiger partial charge in [0, 0.05) is 22.9 Å². The van der Waals surface area contributed by atoms with Gasteiger partial charge in [-0.25, -0.2) is 8.80 Å². The fraction of sp³-hybridized carbons (Fsp3) is 0.389. The minimum Gasteiger partial charge on any atom is -0.476 e. The SMILES string of the molecule is CC1=C(C2CC2C)C2=CC(=O)CN(COc3ccc(F)cc3)N2S1. The van der Waals surface area contributed by atoms with Crippen LogP contribution in [0.25, 0.3) is 0 Å². The summed E-state index contributed by atoms with van der Waals surface area (Å²) in [6.07, 6.45) is 2.96. The number of hydrazine groups is 1. The summed E-state index contributed by atoms with van der Waals surface area (Å²) in [5.74, 6) is 1.64. The number of fused-ring (bicyclic) bond motifs is 1. The zero-order chi connectivity index (χ0) is 16.8. The van der Waals surface area contributed by atoms with Gasteiger partial charge >= 0.3 is 0 Å². The number of nitrogens with zero attached hydrogens (tertiary/aromatic N) is 2. The van der Waals surface area contributed by atoms with E-state index >= 15 is 0 Å². The number of benzene rings is 1. The Morgan fingerprint density at radius 1 is 1.33 bits per heavy atom. The highest BCUT2D eigenvalue weighted by molar-refractivity contribution is 8.01. The van der Waals surface area contributed by atoms with Crippen molar-refractivity contribution in [3.05, 3.63) is 52.3 Å². The number of carbonyl (C=O) groups excluding carboxylic acids is 1. The molecule has 1 saturated carbocycles. The van der Waals surface area contributed by atoms with E-state index in [9.17, 15) is 9.18 Å². The van der Waals surface area contributed by atoms with E-state index in [-0.39, 0.29) is 18.3 Å². The molecule has 2 heterocycles. The highest BCUT2D eigenvalue weighted by Crippen LogP contribution is 2.55. The monoisotopic (exact) mass is 346 g/mol. The first-order valence-corrected chi connectivity index (χ1v) is 8.87. The largest absolute Gasteiger partial charge is 0.476 e. The van der Waals surface area contributed by atoms with Crippen molar-refractivity contribution < 1.29 is 13.9 Å². The van der Waals surface area contributed by atoms with Gasteiger partial charge in [0.05, 0.1) is 12.2 Å². The van der Waals surface area contributed by atoms with Crippen molar-refractivity contribution in [1.29, 1.82) is 0 Å². The van der Waals surface area contributed by atoms with Crippen molar-refractivity contribution in [2.75, 3.05) is 13.3 Å². The molecule has 3 aliphatic rings. The molecule has 4 rings (SSSR count). The van der Waals surface area contributed by atoms with E-state index in [0.29, 0.717) is 24.1 Å². The lowest BCUT2D eigenvalue weighted by molar-refractivity contribution is -0.121. The van der Waals surface area contributed by atoms with Crippen molar-refractivity contribution in [1.82, 2.24) is 9.42 Å². The van der Waals surface area contributed by atoms with Gasteiger partial charge in [0.25, 0.3) is 0 Å². The van der Waals surface area contributed by atoms with E-state index in [4.69, 9.17) is 4.74 Å². The van der Waals surface area contributed by atoms with Gasteiger partial charge in [0.2, 0.25) is 0 Å². The standard InChI is InChI=1S/C18H19FN2O2S/c1-11-7-16(11)18-12(2)24-21-17(18)8-14(22)9-20(21)10-23-15-5-3-13(19)4-6-15/h3-6,8,11,16H,7,9-10H2,1-2H3. The van der Waals surface area contributed by atoms with Gasteiger partial charge in [-0.1, -0.05) is 6.92 Å². The Morgan fingerprint density at radius 3 is 2.71 bits per heavy atom. The number of hydrogen-bond donors (Lipinski definition) is 0. The first kappa shape index (κ1) is 15.7. The molecular weight excluding hydrogens is 327 g/mol. The second-order valence-electron chi connectivity index (χ2n) is 6.54. The van der Waals surface area contributed by atoms with Gasteiger partial charge in [-0.05, 0) is 55.0 Å². The summed E-state index contributed by atoms with van der Waals surface area (Å²) in [5, 5.41) is 1.90. The molecule has 6 heteroatoms. The quantitative estimate of drug-likeness (QED) is 0.776. The van der Waals surface area contributed by atoms with Gasteiger partial charge in [0.1, 0.15) is 11.6 Å². The molecule has 0 bridgehead atoms. The molecule has 0 saturated heterocycles. The highest BCUT2D eigenvalue weighted by Gasteiger charge is 2.45. The normalized spacial score (nSPS) is 26.5.